The first-order valence-electron chi connectivity index (χ1n) is 9.22. The summed E-state index contributed by atoms with van der Waals surface area (Å²) in [6.07, 6.45) is 5.38. The van der Waals surface area contributed by atoms with Crippen LogP contribution in [0.3, 0.4) is 0 Å². The number of hydrogen-bond acceptors (Lipinski definition) is 2. The molecule has 1 saturated heterocycles. The molecule has 5 nitrogen and oxygen atoms in total. The number of anilines is 1. The van der Waals surface area contributed by atoms with Crippen LogP contribution in [0.1, 0.15) is 23.2 Å². The van der Waals surface area contributed by atoms with Crippen molar-refractivity contribution in [2.24, 2.45) is 0 Å². The summed E-state index contributed by atoms with van der Waals surface area (Å²) in [6.45, 7) is 0.580. The number of aromatic nitrogens is 1. The Hall–Kier alpha value is -3.05. The number of carbonyl (C=O) groups excluding carboxylic acids is 2. The molecule has 1 aromatic heterocycles. The van der Waals surface area contributed by atoms with Gasteiger partial charge < -0.3 is 14.8 Å². The Morgan fingerprint density at radius 3 is 2.32 bits per heavy atom. The lowest BCUT2D eigenvalue weighted by Gasteiger charge is -2.24. The quantitative estimate of drug-likeness (QED) is 0.715. The average Bonchev–Trinajstić information content (AvgIpc) is 3.41. The molecule has 1 fully saturated rings. The third-order valence-corrected chi connectivity index (χ3v) is 5.20. The van der Waals surface area contributed by atoms with Gasteiger partial charge in [0, 0.05) is 40.9 Å². The van der Waals surface area contributed by atoms with Gasteiger partial charge in [0.1, 0.15) is 6.04 Å². The lowest BCUT2D eigenvalue weighted by molar-refractivity contribution is -0.119. The minimum absolute atomic E-state index is 0.118. The Morgan fingerprint density at radius 1 is 0.964 bits per heavy atom. The van der Waals surface area contributed by atoms with Crippen molar-refractivity contribution in [3.8, 4) is 5.69 Å². The number of carbonyl (C=O) groups is 2. The number of amides is 2. The largest absolute Gasteiger partial charge is 0.327 e. The summed E-state index contributed by atoms with van der Waals surface area (Å²) < 4.78 is 1.98. The van der Waals surface area contributed by atoms with Gasteiger partial charge in [0.15, 0.2) is 0 Å². The van der Waals surface area contributed by atoms with E-state index < -0.39 is 6.04 Å². The van der Waals surface area contributed by atoms with Crippen LogP contribution in [0.5, 0.6) is 0 Å². The van der Waals surface area contributed by atoms with Gasteiger partial charge in [-0.15, -0.1) is 0 Å². The summed E-state index contributed by atoms with van der Waals surface area (Å²) in [4.78, 5) is 27.4. The predicted octanol–water partition coefficient (Wildman–Crippen LogP) is 4.37. The molecule has 0 aliphatic carbocycles. The van der Waals surface area contributed by atoms with Crippen molar-refractivity contribution in [2.75, 3.05) is 11.9 Å². The maximum atomic E-state index is 13.0. The normalized spacial score (nSPS) is 16.2. The van der Waals surface area contributed by atoms with Crippen molar-refractivity contribution in [2.45, 2.75) is 18.9 Å². The van der Waals surface area contributed by atoms with Crippen LogP contribution in [0.25, 0.3) is 5.69 Å². The van der Waals surface area contributed by atoms with E-state index >= 15 is 0 Å². The van der Waals surface area contributed by atoms with Gasteiger partial charge >= 0.3 is 0 Å². The molecule has 0 spiro atoms. The second-order valence-corrected chi connectivity index (χ2v) is 7.23. The molecule has 0 bridgehead atoms. The number of likely N-dealkylation sites (tertiary alicyclic amines) is 1. The topological polar surface area (TPSA) is 54.3 Å². The fourth-order valence-corrected chi connectivity index (χ4v) is 3.62. The van der Waals surface area contributed by atoms with E-state index in [2.05, 4.69) is 5.32 Å². The van der Waals surface area contributed by atoms with Crippen LogP contribution in [-0.2, 0) is 4.79 Å². The van der Waals surface area contributed by atoms with Gasteiger partial charge in [-0.3, -0.25) is 9.59 Å². The molecule has 3 aromatic rings. The van der Waals surface area contributed by atoms with Gasteiger partial charge in [0.2, 0.25) is 5.91 Å². The van der Waals surface area contributed by atoms with E-state index in [1.54, 1.807) is 29.2 Å². The summed E-state index contributed by atoms with van der Waals surface area (Å²) in [5.74, 6) is -0.287. The van der Waals surface area contributed by atoms with E-state index in [-0.39, 0.29) is 11.8 Å². The Bertz CT molecular complexity index is 966. The maximum Gasteiger partial charge on any atom is 0.254 e. The highest BCUT2D eigenvalue weighted by atomic mass is 35.5. The lowest BCUT2D eigenvalue weighted by atomic mass is 10.1. The molecule has 4 rings (SSSR count). The van der Waals surface area contributed by atoms with Gasteiger partial charge in [-0.25, -0.2) is 0 Å². The molecule has 2 aromatic carbocycles. The highest BCUT2D eigenvalue weighted by molar-refractivity contribution is 6.30. The summed E-state index contributed by atoms with van der Waals surface area (Å²) in [6, 6.07) is 17.8. The van der Waals surface area contributed by atoms with Crippen LogP contribution in [0.4, 0.5) is 5.69 Å². The summed E-state index contributed by atoms with van der Waals surface area (Å²) in [7, 11) is 0. The minimum Gasteiger partial charge on any atom is -0.327 e. The van der Waals surface area contributed by atoms with Gasteiger partial charge in [0.25, 0.3) is 5.91 Å². The van der Waals surface area contributed by atoms with Crippen molar-refractivity contribution < 1.29 is 9.59 Å². The molecule has 1 N–H and O–H groups in total. The molecule has 0 radical (unpaired) electrons. The highest BCUT2D eigenvalue weighted by Gasteiger charge is 2.34. The van der Waals surface area contributed by atoms with Gasteiger partial charge in [-0.1, -0.05) is 11.6 Å². The molecule has 1 atom stereocenters. The maximum absolute atomic E-state index is 13.0. The molecule has 6 heteroatoms. The zero-order valence-electron chi connectivity index (χ0n) is 15.2. The van der Waals surface area contributed by atoms with E-state index in [0.717, 1.165) is 12.1 Å². The third-order valence-electron chi connectivity index (χ3n) is 4.94. The van der Waals surface area contributed by atoms with E-state index in [1.807, 2.05) is 53.4 Å². The van der Waals surface area contributed by atoms with Crippen LogP contribution in [-0.4, -0.2) is 33.9 Å². The molecule has 28 heavy (non-hydrogen) atoms. The third kappa shape index (κ3) is 3.80. The molecule has 2 amide bonds. The van der Waals surface area contributed by atoms with Crippen molar-refractivity contribution >= 4 is 29.1 Å². The first-order chi connectivity index (χ1) is 13.6. The summed E-state index contributed by atoms with van der Waals surface area (Å²) in [5, 5.41) is 3.49. The van der Waals surface area contributed by atoms with Crippen molar-refractivity contribution in [1.29, 1.82) is 0 Å². The smallest absolute Gasteiger partial charge is 0.254 e. The molecule has 142 valence electrons. The number of benzene rings is 2. The second kappa shape index (κ2) is 7.90. The first-order valence-corrected chi connectivity index (χ1v) is 9.60. The van der Waals surface area contributed by atoms with Crippen LogP contribution in [0, 0.1) is 0 Å². The SMILES string of the molecule is O=C(Nc1ccc(Cl)cc1)[C@@H]1CCCN1C(=O)c1ccc(-n2cccc2)cc1. The van der Waals surface area contributed by atoms with Gasteiger partial charge in [-0.2, -0.15) is 0 Å². The number of nitrogens with zero attached hydrogens (tertiary/aromatic N) is 2. The Labute approximate surface area is 168 Å². The number of halogens is 1. The zero-order valence-corrected chi connectivity index (χ0v) is 16.0. The number of rotatable bonds is 4. The standard InChI is InChI=1S/C22H20ClN3O2/c23-17-7-9-18(10-8-17)24-21(27)20-4-3-15-26(20)22(28)16-5-11-19(12-6-16)25-13-1-2-14-25/h1-2,5-14,20H,3-4,15H2,(H,24,27)/t20-/m0/s1. The molecule has 1 aliphatic rings. The summed E-state index contributed by atoms with van der Waals surface area (Å²) >= 11 is 5.88. The van der Waals surface area contributed by atoms with Crippen molar-refractivity contribution in [3.05, 3.63) is 83.6 Å². The average molecular weight is 394 g/mol. The van der Waals surface area contributed by atoms with E-state index in [9.17, 15) is 9.59 Å². The minimum atomic E-state index is -0.465. The Kier molecular flexibility index (Phi) is 5.17. The van der Waals surface area contributed by atoms with Gasteiger partial charge in [0.05, 0.1) is 0 Å². The van der Waals surface area contributed by atoms with Crippen LogP contribution >= 0.6 is 11.6 Å². The summed E-state index contributed by atoms with van der Waals surface area (Å²) in [5.41, 5.74) is 2.24. The zero-order chi connectivity index (χ0) is 19.5. The number of hydrogen-bond donors (Lipinski definition) is 1. The van der Waals surface area contributed by atoms with Crippen LogP contribution in [0.15, 0.2) is 73.1 Å². The molecule has 2 heterocycles. The predicted molar refractivity (Wildman–Crippen MR) is 110 cm³/mol. The Morgan fingerprint density at radius 2 is 1.64 bits per heavy atom. The molecular weight excluding hydrogens is 374 g/mol. The fourth-order valence-electron chi connectivity index (χ4n) is 3.49. The molecular formula is C22H20ClN3O2. The molecule has 0 saturated carbocycles. The second-order valence-electron chi connectivity index (χ2n) is 6.79. The van der Waals surface area contributed by atoms with Crippen LogP contribution in [0.2, 0.25) is 5.02 Å². The molecule has 1 aliphatic heterocycles. The monoisotopic (exact) mass is 393 g/mol. The molecule has 0 unspecified atom stereocenters. The highest BCUT2D eigenvalue weighted by Crippen LogP contribution is 2.23. The van der Waals surface area contributed by atoms with E-state index in [0.29, 0.717) is 29.2 Å². The van der Waals surface area contributed by atoms with E-state index in [1.165, 1.54) is 0 Å². The Balaban J connectivity index is 1.47. The van der Waals surface area contributed by atoms with Crippen molar-refractivity contribution in [1.82, 2.24) is 9.47 Å². The lowest BCUT2D eigenvalue weighted by Crippen LogP contribution is -2.43. The van der Waals surface area contributed by atoms with Crippen LogP contribution < -0.4 is 5.32 Å². The fraction of sp³-hybridized carbons (Fsp3) is 0.182. The van der Waals surface area contributed by atoms with Crippen molar-refractivity contribution in [3.63, 3.8) is 0 Å². The van der Waals surface area contributed by atoms with E-state index in [4.69, 9.17) is 11.6 Å². The van der Waals surface area contributed by atoms with Gasteiger partial charge in [-0.05, 0) is 73.5 Å². The number of nitrogens with one attached hydrogen (secondary N) is 1. The first kappa shape index (κ1) is 18.3.